The number of carbonyl (C=O) groups is 2. The first-order chi connectivity index (χ1) is 12.2. The highest BCUT2D eigenvalue weighted by atomic mass is 32.1. The van der Waals surface area contributed by atoms with E-state index in [1.54, 1.807) is 33.2 Å². The number of hydrogen-bond acceptors (Lipinski definition) is 7. The van der Waals surface area contributed by atoms with Gasteiger partial charge in [-0.3, -0.25) is 9.59 Å². The van der Waals surface area contributed by atoms with Crippen LogP contribution in [0.15, 0.2) is 34.5 Å². The second kappa shape index (κ2) is 7.03. The maximum Gasteiger partial charge on any atom is 0.274 e. The molecule has 4 heterocycles. The summed E-state index contributed by atoms with van der Waals surface area (Å²) in [5.41, 5.74) is 0.405. The molecule has 0 aliphatic carbocycles. The topological polar surface area (TPSA) is 75.2 Å². The van der Waals surface area contributed by atoms with Crippen LogP contribution in [0.3, 0.4) is 0 Å². The summed E-state index contributed by atoms with van der Waals surface area (Å²) in [4.78, 5) is 36.5. The predicted octanol–water partition coefficient (Wildman–Crippen LogP) is 3.57. The lowest BCUT2D eigenvalue weighted by atomic mass is 10.2. The number of thiazole rings is 2. The van der Waals surface area contributed by atoms with Gasteiger partial charge in [-0.1, -0.05) is 6.07 Å². The molecule has 0 aromatic carbocycles. The van der Waals surface area contributed by atoms with Crippen LogP contribution in [0.25, 0.3) is 9.88 Å². The Hall–Kier alpha value is -2.10. The van der Waals surface area contributed by atoms with E-state index in [9.17, 15) is 9.59 Å². The average Bonchev–Trinajstić information content (AvgIpc) is 3.41. The van der Waals surface area contributed by atoms with Crippen LogP contribution < -0.4 is 5.32 Å². The predicted molar refractivity (Wildman–Crippen MR) is 100 cm³/mol. The van der Waals surface area contributed by atoms with E-state index in [2.05, 4.69) is 15.3 Å². The fourth-order valence-electron chi connectivity index (χ4n) is 2.79. The van der Waals surface area contributed by atoms with Crippen molar-refractivity contribution in [3.05, 3.63) is 40.2 Å². The Balaban J connectivity index is 1.50. The molecule has 1 aliphatic heterocycles. The highest BCUT2D eigenvalue weighted by Crippen LogP contribution is 2.29. The van der Waals surface area contributed by atoms with Crippen LogP contribution in [0.2, 0.25) is 0 Å². The van der Waals surface area contributed by atoms with E-state index in [4.69, 9.17) is 0 Å². The van der Waals surface area contributed by atoms with Gasteiger partial charge in [-0.2, -0.15) is 0 Å². The molecule has 3 aromatic rings. The molecule has 1 aliphatic rings. The van der Waals surface area contributed by atoms with Crippen molar-refractivity contribution in [2.75, 3.05) is 11.9 Å². The molecule has 3 aromatic heterocycles. The van der Waals surface area contributed by atoms with Gasteiger partial charge < -0.3 is 10.2 Å². The molecular formula is C16H14N4O2S3. The Morgan fingerprint density at radius 1 is 1.24 bits per heavy atom. The van der Waals surface area contributed by atoms with Crippen LogP contribution in [-0.4, -0.2) is 39.3 Å². The van der Waals surface area contributed by atoms with Crippen LogP contribution >= 0.6 is 34.0 Å². The summed E-state index contributed by atoms with van der Waals surface area (Å²) in [7, 11) is 0. The van der Waals surface area contributed by atoms with E-state index in [1.807, 2.05) is 17.5 Å². The minimum Gasteiger partial charge on any atom is -0.325 e. The maximum atomic E-state index is 12.8. The molecule has 1 atom stereocenters. The first-order valence-electron chi connectivity index (χ1n) is 7.73. The summed E-state index contributed by atoms with van der Waals surface area (Å²) in [6.45, 7) is 0.570. The zero-order valence-electron chi connectivity index (χ0n) is 13.0. The lowest BCUT2D eigenvalue weighted by molar-refractivity contribution is -0.119. The smallest absolute Gasteiger partial charge is 0.274 e. The van der Waals surface area contributed by atoms with Gasteiger partial charge in [0.1, 0.15) is 16.7 Å². The van der Waals surface area contributed by atoms with Gasteiger partial charge in [0, 0.05) is 23.5 Å². The van der Waals surface area contributed by atoms with Crippen LogP contribution in [0.1, 0.15) is 23.3 Å². The quantitative estimate of drug-likeness (QED) is 0.739. The SMILES string of the molecule is O=C(Nc1nccs1)C1CCCN1C(=O)c1csc(-c2cccs2)n1. The van der Waals surface area contributed by atoms with Crippen LogP contribution in [0, 0.1) is 0 Å². The van der Waals surface area contributed by atoms with Gasteiger partial charge in [-0.25, -0.2) is 9.97 Å². The number of thiophene rings is 1. The number of carbonyl (C=O) groups excluding carboxylic acids is 2. The first-order valence-corrected chi connectivity index (χ1v) is 10.4. The number of rotatable bonds is 4. The third-order valence-electron chi connectivity index (χ3n) is 3.93. The van der Waals surface area contributed by atoms with Gasteiger partial charge in [0.2, 0.25) is 5.91 Å². The van der Waals surface area contributed by atoms with Crippen molar-refractivity contribution in [1.82, 2.24) is 14.9 Å². The van der Waals surface area contributed by atoms with E-state index >= 15 is 0 Å². The number of likely N-dealkylation sites (tertiary alicyclic amines) is 1. The van der Waals surface area contributed by atoms with Gasteiger partial charge in [0.15, 0.2) is 5.13 Å². The molecule has 0 spiro atoms. The summed E-state index contributed by atoms with van der Waals surface area (Å²) >= 11 is 4.41. The van der Waals surface area contributed by atoms with Gasteiger partial charge in [-0.15, -0.1) is 34.0 Å². The van der Waals surface area contributed by atoms with E-state index in [1.165, 1.54) is 22.7 Å². The van der Waals surface area contributed by atoms with Crippen molar-refractivity contribution >= 4 is 51.0 Å². The molecule has 1 unspecified atom stereocenters. The largest absolute Gasteiger partial charge is 0.325 e. The summed E-state index contributed by atoms with van der Waals surface area (Å²) < 4.78 is 0. The van der Waals surface area contributed by atoms with Gasteiger partial charge in [0.05, 0.1) is 4.88 Å². The first kappa shape index (κ1) is 16.4. The van der Waals surface area contributed by atoms with Crippen molar-refractivity contribution in [3.63, 3.8) is 0 Å². The maximum absolute atomic E-state index is 12.8. The van der Waals surface area contributed by atoms with Gasteiger partial charge in [-0.05, 0) is 24.3 Å². The monoisotopic (exact) mass is 390 g/mol. The van der Waals surface area contributed by atoms with Crippen molar-refractivity contribution in [2.24, 2.45) is 0 Å². The molecule has 25 heavy (non-hydrogen) atoms. The Morgan fingerprint density at radius 3 is 2.92 bits per heavy atom. The Kier molecular flexibility index (Phi) is 4.60. The molecule has 128 valence electrons. The molecule has 1 fully saturated rings. The van der Waals surface area contributed by atoms with Crippen molar-refractivity contribution in [3.8, 4) is 9.88 Å². The Labute approximate surface area is 156 Å². The van der Waals surface area contributed by atoms with E-state index in [0.717, 1.165) is 16.3 Å². The fourth-order valence-corrected chi connectivity index (χ4v) is 4.93. The molecule has 1 saturated heterocycles. The summed E-state index contributed by atoms with van der Waals surface area (Å²) in [5.74, 6) is -0.370. The van der Waals surface area contributed by atoms with Gasteiger partial charge in [0.25, 0.3) is 5.91 Å². The second-order valence-electron chi connectivity index (χ2n) is 5.50. The molecule has 0 radical (unpaired) electrons. The number of amides is 2. The molecule has 1 N–H and O–H groups in total. The normalized spacial score (nSPS) is 17.0. The Morgan fingerprint density at radius 2 is 2.16 bits per heavy atom. The molecule has 4 rings (SSSR count). The number of anilines is 1. The second-order valence-corrected chi connectivity index (χ2v) is 8.20. The molecule has 9 heteroatoms. The number of nitrogens with one attached hydrogen (secondary N) is 1. The summed E-state index contributed by atoms with van der Waals surface area (Å²) in [6, 6.07) is 3.48. The van der Waals surface area contributed by atoms with E-state index < -0.39 is 6.04 Å². The van der Waals surface area contributed by atoms with Crippen molar-refractivity contribution < 1.29 is 9.59 Å². The third kappa shape index (κ3) is 3.35. The summed E-state index contributed by atoms with van der Waals surface area (Å²) in [6.07, 6.45) is 3.10. The number of hydrogen-bond donors (Lipinski definition) is 1. The summed E-state index contributed by atoms with van der Waals surface area (Å²) in [5, 5.41) is 9.73. The average molecular weight is 391 g/mol. The molecule has 0 bridgehead atoms. The van der Waals surface area contributed by atoms with Crippen molar-refractivity contribution in [1.29, 1.82) is 0 Å². The van der Waals surface area contributed by atoms with E-state index in [-0.39, 0.29) is 11.8 Å². The van der Waals surface area contributed by atoms with Crippen LogP contribution in [0.5, 0.6) is 0 Å². The molecule has 2 amide bonds. The highest BCUT2D eigenvalue weighted by molar-refractivity contribution is 7.20. The molecule has 0 saturated carbocycles. The standard InChI is InChI=1S/C16H14N4O2S3/c21-13(19-16-17-5-8-24-16)11-3-1-6-20(11)15(22)10-9-25-14(18-10)12-4-2-7-23-12/h2,4-5,7-9,11H,1,3,6H2,(H,17,19,21). The number of aromatic nitrogens is 2. The van der Waals surface area contributed by atoms with Crippen molar-refractivity contribution in [2.45, 2.75) is 18.9 Å². The molecule has 6 nitrogen and oxygen atoms in total. The van der Waals surface area contributed by atoms with Crippen LogP contribution in [-0.2, 0) is 4.79 Å². The number of nitrogens with zero attached hydrogens (tertiary/aromatic N) is 3. The Bertz CT molecular complexity index is 873. The zero-order chi connectivity index (χ0) is 17.2. The highest BCUT2D eigenvalue weighted by Gasteiger charge is 2.35. The van der Waals surface area contributed by atoms with Crippen LogP contribution in [0.4, 0.5) is 5.13 Å². The lowest BCUT2D eigenvalue weighted by Gasteiger charge is -2.22. The minimum absolute atomic E-state index is 0.184. The van der Waals surface area contributed by atoms with E-state index in [0.29, 0.717) is 23.8 Å². The third-order valence-corrected chi connectivity index (χ3v) is 6.50. The minimum atomic E-state index is -0.469. The fraction of sp³-hybridized carbons (Fsp3) is 0.250. The van der Waals surface area contributed by atoms with Gasteiger partial charge >= 0.3 is 0 Å². The molecular weight excluding hydrogens is 376 g/mol. The lowest BCUT2D eigenvalue weighted by Crippen LogP contribution is -2.43. The zero-order valence-corrected chi connectivity index (χ0v) is 15.5.